The first kappa shape index (κ1) is 17.4. The van der Waals surface area contributed by atoms with E-state index in [4.69, 9.17) is 10.1 Å². The van der Waals surface area contributed by atoms with Crippen LogP contribution in [0.2, 0.25) is 0 Å². The monoisotopic (exact) mass is 354 g/mol. The molecule has 0 spiro atoms. The molecule has 0 saturated heterocycles. The highest BCUT2D eigenvalue weighted by atomic mass is 19.1. The van der Waals surface area contributed by atoms with Crippen molar-refractivity contribution in [3.8, 4) is 11.8 Å². The molecule has 0 fully saturated rings. The van der Waals surface area contributed by atoms with Gasteiger partial charge in [-0.25, -0.2) is 0 Å². The number of hydrogen-bond acceptors (Lipinski definition) is 6. The number of nitrogens with one attached hydrogen (secondary N) is 1. The molecule has 0 radical (unpaired) electrons. The van der Waals surface area contributed by atoms with E-state index in [1.165, 1.54) is 6.07 Å². The van der Waals surface area contributed by atoms with E-state index in [0.717, 1.165) is 17.8 Å². The lowest BCUT2D eigenvalue weighted by atomic mass is 9.79. The van der Waals surface area contributed by atoms with Crippen LogP contribution in [0.25, 0.3) is 0 Å². The number of rotatable bonds is 3. The van der Waals surface area contributed by atoms with E-state index in [1.54, 1.807) is 12.1 Å². The van der Waals surface area contributed by atoms with Crippen molar-refractivity contribution in [2.75, 3.05) is 19.0 Å². The molecule has 2 aromatic carbocycles. The van der Waals surface area contributed by atoms with E-state index in [0.29, 0.717) is 16.9 Å². The Morgan fingerprint density at radius 3 is 2.65 bits per heavy atom. The second-order valence-corrected chi connectivity index (χ2v) is 6.14. The molecule has 2 atom stereocenters. The summed E-state index contributed by atoms with van der Waals surface area (Å²) in [7, 11) is 3.71. The Kier molecular flexibility index (Phi) is 4.30. The summed E-state index contributed by atoms with van der Waals surface area (Å²) >= 11 is 0. The van der Waals surface area contributed by atoms with E-state index in [2.05, 4.69) is 0 Å². The Morgan fingerprint density at radius 2 is 2.04 bits per heavy atom. The van der Waals surface area contributed by atoms with E-state index in [-0.39, 0.29) is 5.90 Å². The predicted octanol–water partition coefficient (Wildman–Crippen LogP) is 3.44. The minimum absolute atomic E-state index is 0.243. The van der Waals surface area contributed by atoms with Gasteiger partial charge in [0.1, 0.15) is 11.7 Å². The van der Waals surface area contributed by atoms with Gasteiger partial charge in [-0.2, -0.15) is 9.65 Å². The molecule has 0 amide bonds. The summed E-state index contributed by atoms with van der Waals surface area (Å²) in [6.07, 6.45) is 0. The number of benzene rings is 2. The molecule has 8 heteroatoms. The fourth-order valence-electron chi connectivity index (χ4n) is 3.03. The second-order valence-electron chi connectivity index (χ2n) is 6.14. The highest BCUT2D eigenvalue weighted by molar-refractivity contribution is 5.85. The van der Waals surface area contributed by atoms with E-state index in [1.807, 2.05) is 31.1 Å². The first-order chi connectivity index (χ1) is 12.3. The quantitative estimate of drug-likeness (QED) is 0.672. The van der Waals surface area contributed by atoms with Crippen molar-refractivity contribution in [3.63, 3.8) is 0 Å². The Morgan fingerprint density at radius 1 is 1.31 bits per heavy atom. The SMILES string of the molecule is CN(C)c1ccc2c(c1)OC(=N)C(C#N)C2c1ccc(F)c([N+](=O)[O-])c1. The van der Waals surface area contributed by atoms with Gasteiger partial charge in [-0.05, 0) is 17.7 Å². The zero-order chi connectivity index (χ0) is 19.0. The minimum atomic E-state index is -0.960. The zero-order valence-corrected chi connectivity index (χ0v) is 14.1. The second kappa shape index (κ2) is 6.44. The zero-order valence-electron chi connectivity index (χ0n) is 14.1. The number of nitro groups is 1. The molecule has 3 rings (SSSR count). The summed E-state index contributed by atoms with van der Waals surface area (Å²) in [5.74, 6) is -2.40. The van der Waals surface area contributed by atoms with E-state index < -0.39 is 28.3 Å². The van der Waals surface area contributed by atoms with Crippen LogP contribution >= 0.6 is 0 Å². The first-order valence-electron chi connectivity index (χ1n) is 7.74. The molecule has 0 aromatic heterocycles. The molecule has 1 heterocycles. The van der Waals surface area contributed by atoms with Crippen LogP contribution in [0, 0.1) is 38.6 Å². The Labute approximate surface area is 148 Å². The average molecular weight is 354 g/mol. The van der Waals surface area contributed by atoms with Gasteiger partial charge >= 0.3 is 5.69 Å². The van der Waals surface area contributed by atoms with Crippen LogP contribution in [0.1, 0.15) is 17.0 Å². The maximum absolute atomic E-state index is 13.7. The first-order valence-corrected chi connectivity index (χ1v) is 7.74. The molecule has 1 aliphatic heterocycles. The molecule has 0 saturated carbocycles. The van der Waals surface area contributed by atoms with Crippen LogP contribution in [-0.4, -0.2) is 24.9 Å². The van der Waals surface area contributed by atoms with Crippen LogP contribution < -0.4 is 9.64 Å². The fourth-order valence-corrected chi connectivity index (χ4v) is 3.03. The van der Waals surface area contributed by atoms with Gasteiger partial charge in [0.15, 0.2) is 0 Å². The molecule has 2 unspecified atom stereocenters. The Bertz CT molecular complexity index is 952. The molecule has 1 N–H and O–H groups in total. The molecule has 1 aliphatic rings. The fraction of sp³-hybridized carbons (Fsp3) is 0.222. The van der Waals surface area contributed by atoms with Gasteiger partial charge in [0.05, 0.1) is 11.0 Å². The van der Waals surface area contributed by atoms with Gasteiger partial charge in [-0.1, -0.05) is 12.1 Å². The van der Waals surface area contributed by atoms with Gasteiger partial charge in [0.2, 0.25) is 11.7 Å². The molecule has 0 aliphatic carbocycles. The van der Waals surface area contributed by atoms with Crippen molar-refractivity contribution in [1.29, 1.82) is 10.7 Å². The van der Waals surface area contributed by atoms with E-state index >= 15 is 0 Å². The normalized spacial score (nSPS) is 18.5. The topological polar surface area (TPSA) is 103 Å². The van der Waals surface area contributed by atoms with Gasteiger partial charge in [-0.3, -0.25) is 15.5 Å². The summed E-state index contributed by atoms with van der Waals surface area (Å²) < 4.78 is 19.2. The third-order valence-corrected chi connectivity index (χ3v) is 4.35. The van der Waals surface area contributed by atoms with Crippen molar-refractivity contribution in [3.05, 3.63) is 63.5 Å². The van der Waals surface area contributed by atoms with Crippen molar-refractivity contribution in [1.82, 2.24) is 0 Å². The van der Waals surface area contributed by atoms with Crippen molar-refractivity contribution in [2.24, 2.45) is 5.92 Å². The molecule has 0 bridgehead atoms. The molecular weight excluding hydrogens is 339 g/mol. The van der Waals surface area contributed by atoms with Crippen molar-refractivity contribution in [2.45, 2.75) is 5.92 Å². The van der Waals surface area contributed by atoms with Crippen LogP contribution in [0.4, 0.5) is 15.8 Å². The van der Waals surface area contributed by atoms with Crippen LogP contribution in [0.3, 0.4) is 0 Å². The smallest absolute Gasteiger partial charge is 0.305 e. The number of nitrogens with zero attached hydrogens (tertiary/aromatic N) is 3. The number of nitriles is 1. The molecule has 26 heavy (non-hydrogen) atoms. The van der Waals surface area contributed by atoms with Crippen LogP contribution in [0.5, 0.6) is 5.75 Å². The molecule has 132 valence electrons. The Hall–Kier alpha value is -3.47. The predicted molar refractivity (Wildman–Crippen MR) is 93.1 cm³/mol. The van der Waals surface area contributed by atoms with Gasteiger partial charge in [0, 0.05) is 43.4 Å². The highest BCUT2D eigenvalue weighted by Gasteiger charge is 2.38. The number of nitro benzene ring substituents is 1. The number of halogens is 1. The van der Waals surface area contributed by atoms with Crippen LogP contribution in [0.15, 0.2) is 36.4 Å². The number of ether oxygens (including phenoxy) is 1. The number of fused-ring (bicyclic) bond motifs is 1. The van der Waals surface area contributed by atoms with Gasteiger partial charge in [-0.15, -0.1) is 0 Å². The van der Waals surface area contributed by atoms with E-state index in [9.17, 15) is 19.8 Å². The van der Waals surface area contributed by atoms with Crippen molar-refractivity contribution >= 4 is 17.3 Å². The standard InChI is InChI=1S/C18H15FN4O3/c1-22(2)11-4-5-12-16(8-11)26-18(21)13(9-20)17(12)10-3-6-14(19)15(7-10)23(24)25/h3-8,13,17,21H,1-2H3. The highest BCUT2D eigenvalue weighted by Crippen LogP contribution is 2.44. The van der Waals surface area contributed by atoms with Crippen molar-refractivity contribution < 1.29 is 14.1 Å². The van der Waals surface area contributed by atoms with Gasteiger partial charge in [0.25, 0.3) is 0 Å². The summed E-state index contributed by atoms with van der Waals surface area (Å²) in [6, 6.07) is 10.9. The third-order valence-electron chi connectivity index (χ3n) is 4.35. The Balaban J connectivity index is 2.19. The largest absolute Gasteiger partial charge is 0.442 e. The lowest BCUT2D eigenvalue weighted by Gasteiger charge is -2.31. The summed E-state index contributed by atoms with van der Waals surface area (Å²) in [4.78, 5) is 12.1. The maximum atomic E-state index is 13.7. The lowest BCUT2D eigenvalue weighted by molar-refractivity contribution is -0.387. The maximum Gasteiger partial charge on any atom is 0.305 e. The lowest BCUT2D eigenvalue weighted by Crippen LogP contribution is -2.31. The third kappa shape index (κ3) is 2.84. The van der Waals surface area contributed by atoms with Gasteiger partial charge < -0.3 is 9.64 Å². The number of anilines is 1. The summed E-state index contributed by atoms with van der Waals surface area (Å²) in [5, 5.41) is 28.6. The molecule has 7 nitrogen and oxygen atoms in total. The molecular formula is C18H15FN4O3. The molecule has 2 aromatic rings. The van der Waals surface area contributed by atoms with Crippen LogP contribution in [-0.2, 0) is 0 Å². The summed E-state index contributed by atoms with van der Waals surface area (Å²) in [5.41, 5.74) is 1.19. The summed E-state index contributed by atoms with van der Waals surface area (Å²) in [6.45, 7) is 0. The minimum Gasteiger partial charge on any atom is -0.442 e. The number of hydrogen-bond donors (Lipinski definition) is 1. The average Bonchev–Trinajstić information content (AvgIpc) is 2.60.